The Kier molecular flexibility index (Phi) is 5.32. The number of hydrogen-bond donors (Lipinski definition) is 2. The second kappa shape index (κ2) is 7.83. The van der Waals surface area contributed by atoms with Gasteiger partial charge in [0.15, 0.2) is 6.73 Å². The molecule has 2 heterocycles. The molecular formula is C16H14BrN5O4. The van der Waals surface area contributed by atoms with E-state index >= 15 is 0 Å². The Bertz CT molecular complexity index is 919. The fourth-order valence-electron chi connectivity index (χ4n) is 2.08. The zero-order valence-electron chi connectivity index (χ0n) is 13.4. The quantitative estimate of drug-likeness (QED) is 0.607. The summed E-state index contributed by atoms with van der Waals surface area (Å²) in [5.74, 6) is -0.746. The van der Waals surface area contributed by atoms with Crippen LogP contribution in [0.25, 0.3) is 0 Å². The smallest absolute Gasteiger partial charge is 0.338 e. The molecule has 3 rings (SSSR count). The number of ether oxygens (including phenoxy) is 1. The van der Waals surface area contributed by atoms with Gasteiger partial charge in [0, 0.05) is 10.7 Å². The van der Waals surface area contributed by atoms with Crippen molar-refractivity contribution in [1.82, 2.24) is 19.6 Å². The van der Waals surface area contributed by atoms with E-state index < -0.39 is 5.97 Å². The lowest BCUT2D eigenvalue weighted by Crippen LogP contribution is -2.18. The predicted molar refractivity (Wildman–Crippen MR) is 94.8 cm³/mol. The number of nitrogens with one attached hydrogen (secondary N) is 1. The third kappa shape index (κ3) is 4.70. The monoisotopic (exact) mass is 419 g/mol. The zero-order valence-corrected chi connectivity index (χ0v) is 15.0. The van der Waals surface area contributed by atoms with Crippen LogP contribution in [0.1, 0.15) is 10.4 Å². The maximum absolute atomic E-state index is 12.0. The van der Waals surface area contributed by atoms with Crippen molar-refractivity contribution in [3.05, 3.63) is 59.1 Å². The molecule has 3 aromatic rings. The number of amides is 1. The van der Waals surface area contributed by atoms with E-state index in [2.05, 4.69) is 31.4 Å². The predicted octanol–water partition coefficient (Wildman–Crippen LogP) is 2.22. The molecule has 0 aliphatic rings. The summed E-state index contributed by atoms with van der Waals surface area (Å²) in [6, 6.07) is 7.39. The Morgan fingerprint density at radius 1 is 1.12 bits per heavy atom. The SMILES string of the molecule is O=C(Cn1cc(C(=O)O)cn1)Nc1cnn(COc2ccc(Br)cc2)c1. The van der Waals surface area contributed by atoms with Crippen molar-refractivity contribution in [3.63, 3.8) is 0 Å². The molecule has 2 N–H and O–H groups in total. The molecule has 0 atom stereocenters. The molecule has 0 saturated carbocycles. The fraction of sp³-hybridized carbons (Fsp3) is 0.125. The van der Waals surface area contributed by atoms with Crippen LogP contribution in [0.3, 0.4) is 0 Å². The van der Waals surface area contributed by atoms with Gasteiger partial charge in [-0.2, -0.15) is 10.2 Å². The van der Waals surface area contributed by atoms with Gasteiger partial charge in [-0.25, -0.2) is 9.48 Å². The molecule has 134 valence electrons. The molecule has 26 heavy (non-hydrogen) atoms. The Balaban J connectivity index is 1.51. The van der Waals surface area contributed by atoms with Gasteiger partial charge in [-0.15, -0.1) is 0 Å². The largest absolute Gasteiger partial charge is 0.478 e. The van der Waals surface area contributed by atoms with Gasteiger partial charge in [-0.3, -0.25) is 9.48 Å². The van der Waals surface area contributed by atoms with Crippen LogP contribution in [0.5, 0.6) is 5.75 Å². The molecule has 0 fully saturated rings. The summed E-state index contributed by atoms with van der Waals surface area (Å²) < 4.78 is 9.33. The number of aromatic carboxylic acids is 1. The number of carbonyl (C=O) groups is 2. The van der Waals surface area contributed by atoms with Crippen LogP contribution >= 0.6 is 15.9 Å². The van der Waals surface area contributed by atoms with Crippen LogP contribution in [0.4, 0.5) is 5.69 Å². The summed E-state index contributed by atoms with van der Waals surface area (Å²) in [6.07, 6.45) is 5.60. The zero-order chi connectivity index (χ0) is 18.5. The van der Waals surface area contributed by atoms with Crippen molar-refractivity contribution in [2.75, 3.05) is 5.32 Å². The molecule has 0 spiro atoms. The number of aromatic nitrogens is 4. The van der Waals surface area contributed by atoms with E-state index in [0.29, 0.717) is 11.4 Å². The fourth-order valence-corrected chi connectivity index (χ4v) is 2.34. The van der Waals surface area contributed by atoms with Gasteiger partial charge in [0.2, 0.25) is 5.91 Å². The lowest BCUT2D eigenvalue weighted by molar-refractivity contribution is -0.116. The molecule has 0 bridgehead atoms. The van der Waals surface area contributed by atoms with E-state index in [-0.39, 0.29) is 24.7 Å². The Hall–Kier alpha value is -3.14. The minimum atomic E-state index is -1.09. The van der Waals surface area contributed by atoms with Gasteiger partial charge in [0.1, 0.15) is 12.3 Å². The van der Waals surface area contributed by atoms with Gasteiger partial charge < -0.3 is 15.2 Å². The van der Waals surface area contributed by atoms with E-state index in [1.54, 1.807) is 6.20 Å². The number of anilines is 1. The number of halogens is 1. The summed E-state index contributed by atoms with van der Waals surface area (Å²) in [5.41, 5.74) is 0.524. The van der Waals surface area contributed by atoms with Crippen molar-refractivity contribution in [2.45, 2.75) is 13.3 Å². The highest BCUT2D eigenvalue weighted by molar-refractivity contribution is 9.10. The molecule has 0 aliphatic carbocycles. The first-order valence-electron chi connectivity index (χ1n) is 7.46. The Morgan fingerprint density at radius 3 is 2.54 bits per heavy atom. The Labute approximate surface area is 156 Å². The molecule has 1 aromatic carbocycles. The van der Waals surface area contributed by atoms with Gasteiger partial charge in [0.05, 0.1) is 29.8 Å². The number of carboxylic acids is 1. The molecule has 1 amide bonds. The molecule has 10 heteroatoms. The third-order valence-electron chi connectivity index (χ3n) is 3.28. The molecular weight excluding hydrogens is 406 g/mol. The van der Waals surface area contributed by atoms with Gasteiger partial charge in [-0.05, 0) is 24.3 Å². The van der Waals surface area contributed by atoms with Crippen LogP contribution < -0.4 is 10.1 Å². The second-order valence-corrected chi connectivity index (χ2v) is 6.19. The van der Waals surface area contributed by atoms with Crippen LogP contribution in [0.15, 0.2) is 53.5 Å². The van der Waals surface area contributed by atoms with E-state index in [1.165, 1.54) is 28.0 Å². The highest BCUT2D eigenvalue weighted by atomic mass is 79.9. The first-order chi connectivity index (χ1) is 12.5. The van der Waals surface area contributed by atoms with Crippen molar-refractivity contribution in [2.24, 2.45) is 0 Å². The van der Waals surface area contributed by atoms with Gasteiger partial charge in [-0.1, -0.05) is 15.9 Å². The van der Waals surface area contributed by atoms with Gasteiger partial charge >= 0.3 is 5.97 Å². The van der Waals surface area contributed by atoms with E-state index in [4.69, 9.17) is 9.84 Å². The number of nitrogens with zero attached hydrogens (tertiary/aromatic N) is 4. The summed E-state index contributed by atoms with van der Waals surface area (Å²) in [7, 11) is 0. The van der Waals surface area contributed by atoms with E-state index in [0.717, 1.165) is 4.47 Å². The van der Waals surface area contributed by atoms with Crippen molar-refractivity contribution in [1.29, 1.82) is 0 Å². The first-order valence-corrected chi connectivity index (χ1v) is 8.25. The molecule has 9 nitrogen and oxygen atoms in total. The normalized spacial score (nSPS) is 10.5. The average molecular weight is 420 g/mol. The summed E-state index contributed by atoms with van der Waals surface area (Å²) in [6.45, 7) is 0.0898. The average Bonchev–Trinajstić information content (AvgIpc) is 3.24. The molecule has 0 saturated heterocycles. The topological polar surface area (TPSA) is 111 Å². The molecule has 0 aliphatic heterocycles. The molecule has 0 unspecified atom stereocenters. The number of carbonyl (C=O) groups excluding carboxylic acids is 1. The standard InChI is InChI=1S/C16H14BrN5O4/c17-12-1-3-14(4-2-12)26-10-22-8-13(6-19-22)20-15(23)9-21-7-11(5-18-21)16(24)25/h1-8H,9-10H2,(H,20,23)(H,24,25). The summed E-state index contributed by atoms with van der Waals surface area (Å²) >= 11 is 3.35. The van der Waals surface area contributed by atoms with Crippen molar-refractivity contribution in [3.8, 4) is 5.75 Å². The van der Waals surface area contributed by atoms with Crippen LogP contribution in [0, 0.1) is 0 Å². The highest BCUT2D eigenvalue weighted by Crippen LogP contribution is 2.16. The minimum Gasteiger partial charge on any atom is -0.478 e. The lowest BCUT2D eigenvalue weighted by atomic mass is 10.3. The number of hydrogen-bond acceptors (Lipinski definition) is 5. The number of carboxylic acid groups (broad SMARTS) is 1. The van der Waals surface area contributed by atoms with Crippen LogP contribution in [-0.2, 0) is 18.1 Å². The summed E-state index contributed by atoms with van der Waals surface area (Å²) in [4.78, 5) is 22.8. The first kappa shape index (κ1) is 17.7. The van der Waals surface area contributed by atoms with Crippen LogP contribution in [0.2, 0.25) is 0 Å². The number of benzene rings is 1. The number of rotatable bonds is 7. The van der Waals surface area contributed by atoms with Gasteiger partial charge in [0.25, 0.3) is 0 Å². The van der Waals surface area contributed by atoms with Crippen molar-refractivity contribution < 1.29 is 19.4 Å². The lowest BCUT2D eigenvalue weighted by Gasteiger charge is -2.06. The maximum atomic E-state index is 12.0. The van der Waals surface area contributed by atoms with E-state index in [9.17, 15) is 9.59 Å². The Morgan fingerprint density at radius 2 is 1.85 bits per heavy atom. The minimum absolute atomic E-state index is 0.0238. The van der Waals surface area contributed by atoms with E-state index in [1.807, 2.05) is 24.3 Å². The second-order valence-electron chi connectivity index (χ2n) is 5.28. The third-order valence-corrected chi connectivity index (χ3v) is 3.81. The summed E-state index contributed by atoms with van der Waals surface area (Å²) in [5, 5.41) is 19.4. The maximum Gasteiger partial charge on any atom is 0.338 e. The highest BCUT2D eigenvalue weighted by Gasteiger charge is 2.10. The van der Waals surface area contributed by atoms with Crippen molar-refractivity contribution >= 4 is 33.5 Å². The molecule has 2 aromatic heterocycles. The molecule has 0 radical (unpaired) electrons. The van der Waals surface area contributed by atoms with Crippen LogP contribution in [-0.4, -0.2) is 36.5 Å².